The van der Waals surface area contributed by atoms with Crippen LogP contribution in [0.25, 0.3) is 0 Å². The van der Waals surface area contributed by atoms with Crippen LogP contribution in [0.1, 0.15) is 26.2 Å². The van der Waals surface area contributed by atoms with E-state index in [1.54, 1.807) is 6.20 Å². The van der Waals surface area contributed by atoms with Crippen molar-refractivity contribution in [2.24, 2.45) is 0 Å². The van der Waals surface area contributed by atoms with Gasteiger partial charge in [0.15, 0.2) is 0 Å². The van der Waals surface area contributed by atoms with Crippen LogP contribution in [0.15, 0.2) is 12.3 Å². The van der Waals surface area contributed by atoms with E-state index in [0.29, 0.717) is 12.5 Å². The second-order valence-corrected chi connectivity index (χ2v) is 5.92. The second-order valence-electron chi connectivity index (χ2n) is 4.77. The molecule has 1 saturated heterocycles. The Labute approximate surface area is 130 Å². The predicted molar refractivity (Wildman–Crippen MR) is 86.7 cm³/mol. The summed E-state index contributed by atoms with van der Waals surface area (Å²) in [6.07, 6.45) is 4.47. The molecule has 20 heavy (non-hydrogen) atoms. The van der Waals surface area contributed by atoms with Crippen molar-refractivity contribution in [3.8, 4) is 0 Å². The van der Waals surface area contributed by atoms with E-state index in [9.17, 15) is 4.79 Å². The zero-order valence-corrected chi connectivity index (χ0v) is 13.4. The third-order valence-electron chi connectivity index (χ3n) is 3.14. The lowest BCUT2D eigenvalue weighted by Gasteiger charge is -2.22. The van der Waals surface area contributed by atoms with Crippen LogP contribution in [0.5, 0.6) is 0 Å². The first-order valence-corrected chi connectivity index (χ1v) is 8.08. The number of hydrogen-bond acceptors (Lipinski definition) is 4. The Hall–Kier alpha value is -0.720. The number of aromatic nitrogens is 2. The van der Waals surface area contributed by atoms with E-state index in [1.807, 2.05) is 22.5 Å². The third kappa shape index (κ3) is 5.34. The molecule has 1 aromatic heterocycles. The number of unbranched alkanes of at least 4 members (excludes halogenated alkanes) is 1. The molecule has 1 aromatic rings. The van der Waals surface area contributed by atoms with Gasteiger partial charge in [-0.3, -0.25) is 4.79 Å². The van der Waals surface area contributed by atoms with E-state index in [1.165, 1.54) is 0 Å². The number of carbonyl (C=O) groups is 1. The number of nitrogens with one attached hydrogen (secondary N) is 2. The Balaban J connectivity index is 0.00000200. The quantitative estimate of drug-likeness (QED) is 0.843. The highest BCUT2D eigenvalue weighted by atomic mass is 35.5. The summed E-state index contributed by atoms with van der Waals surface area (Å²) in [5, 5.41) is 10.6. The SMILES string of the molecule is CCCCn1nccc1NC(=O)CC1CSCCN1.Cl. The Bertz CT molecular complexity index is 407. The fourth-order valence-corrected chi connectivity index (χ4v) is 3.04. The van der Waals surface area contributed by atoms with Crippen LogP contribution < -0.4 is 10.6 Å². The fourth-order valence-electron chi connectivity index (χ4n) is 2.09. The molecule has 5 nitrogen and oxygen atoms in total. The Morgan fingerprint density at radius 1 is 1.65 bits per heavy atom. The first-order chi connectivity index (χ1) is 9.29. The van der Waals surface area contributed by atoms with Gasteiger partial charge in [-0.15, -0.1) is 12.4 Å². The molecule has 0 spiro atoms. The summed E-state index contributed by atoms with van der Waals surface area (Å²) in [4.78, 5) is 12.0. The van der Waals surface area contributed by atoms with E-state index >= 15 is 0 Å². The van der Waals surface area contributed by atoms with E-state index in [2.05, 4.69) is 22.7 Å². The molecule has 0 aromatic carbocycles. The molecule has 1 amide bonds. The highest BCUT2D eigenvalue weighted by Gasteiger charge is 2.17. The van der Waals surface area contributed by atoms with Crippen LogP contribution in [0.4, 0.5) is 5.82 Å². The molecule has 7 heteroatoms. The summed E-state index contributed by atoms with van der Waals surface area (Å²) in [5.74, 6) is 3.03. The maximum atomic E-state index is 12.0. The molecule has 1 unspecified atom stereocenters. The highest BCUT2D eigenvalue weighted by Crippen LogP contribution is 2.12. The van der Waals surface area contributed by atoms with Crippen molar-refractivity contribution < 1.29 is 4.79 Å². The first kappa shape index (κ1) is 17.3. The predicted octanol–water partition coefficient (Wildman–Crippen LogP) is 2.14. The molecule has 1 fully saturated rings. The lowest BCUT2D eigenvalue weighted by molar-refractivity contribution is -0.116. The summed E-state index contributed by atoms with van der Waals surface area (Å²) in [6.45, 7) is 4.00. The average molecular weight is 319 g/mol. The average Bonchev–Trinajstić information content (AvgIpc) is 2.84. The van der Waals surface area contributed by atoms with Crippen molar-refractivity contribution in [3.05, 3.63) is 12.3 Å². The van der Waals surface area contributed by atoms with Crippen LogP contribution in [-0.2, 0) is 11.3 Å². The largest absolute Gasteiger partial charge is 0.312 e. The minimum Gasteiger partial charge on any atom is -0.312 e. The number of halogens is 1. The van der Waals surface area contributed by atoms with E-state index in [-0.39, 0.29) is 18.3 Å². The Kier molecular flexibility index (Phi) is 8.02. The van der Waals surface area contributed by atoms with Gasteiger partial charge in [0.2, 0.25) is 5.91 Å². The number of anilines is 1. The topological polar surface area (TPSA) is 59.0 Å². The van der Waals surface area contributed by atoms with E-state index in [4.69, 9.17) is 0 Å². The van der Waals surface area contributed by atoms with Crippen molar-refractivity contribution in [1.29, 1.82) is 0 Å². The summed E-state index contributed by atoms with van der Waals surface area (Å²) in [7, 11) is 0. The van der Waals surface area contributed by atoms with E-state index in [0.717, 1.165) is 43.3 Å². The maximum Gasteiger partial charge on any atom is 0.227 e. The molecule has 0 bridgehead atoms. The van der Waals surface area contributed by atoms with Gasteiger partial charge in [0, 0.05) is 43.1 Å². The first-order valence-electron chi connectivity index (χ1n) is 6.92. The standard InChI is InChI=1S/C13H22N4OS.ClH/c1-2-3-7-17-12(4-5-15-17)16-13(18)9-11-10-19-8-6-14-11;/h4-5,11,14H,2-3,6-10H2,1H3,(H,16,18);1H. The molecule has 2 heterocycles. The maximum absolute atomic E-state index is 12.0. The third-order valence-corrected chi connectivity index (χ3v) is 4.27. The van der Waals surface area contributed by atoms with Gasteiger partial charge in [0.1, 0.15) is 5.82 Å². The normalized spacial score (nSPS) is 18.4. The highest BCUT2D eigenvalue weighted by molar-refractivity contribution is 7.99. The van der Waals surface area contributed by atoms with Gasteiger partial charge in [0.25, 0.3) is 0 Å². The smallest absolute Gasteiger partial charge is 0.227 e. The van der Waals surface area contributed by atoms with Gasteiger partial charge < -0.3 is 10.6 Å². The monoisotopic (exact) mass is 318 g/mol. The molecule has 114 valence electrons. The van der Waals surface area contributed by atoms with Crippen molar-refractivity contribution in [1.82, 2.24) is 15.1 Å². The number of aryl methyl sites for hydroxylation is 1. The molecule has 0 radical (unpaired) electrons. The lowest BCUT2D eigenvalue weighted by Crippen LogP contribution is -2.40. The van der Waals surface area contributed by atoms with Gasteiger partial charge in [0.05, 0.1) is 6.20 Å². The van der Waals surface area contributed by atoms with Gasteiger partial charge in [-0.25, -0.2) is 4.68 Å². The number of amides is 1. The zero-order chi connectivity index (χ0) is 13.5. The van der Waals surface area contributed by atoms with Crippen molar-refractivity contribution in [2.45, 2.75) is 38.8 Å². The van der Waals surface area contributed by atoms with Gasteiger partial charge in [-0.1, -0.05) is 13.3 Å². The van der Waals surface area contributed by atoms with Crippen molar-refractivity contribution in [2.75, 3.05) is 23.4 Å². The molecule has 1 atom stereocenters. The summed E-state index contributed by atoms with van der Waals surface area (Å²) in [6, 6.07) is 2.15. The Morgan fingerprint density at radius 2 is 2.50 bits per heavy atom. The van der Waals surface area contributed by atoms with Gasteiger partial charge in [-0.05, 0) is 6.42 Å². The summed E-state index contributed by atoms with van der Waals surface area (Å²) >= 11 is 1.91. The number of thioether (sulfide) groups is 1. The lowest BCUT2D eigenvalue weighted by atomic mass is 10.2. The molecule has 2 rings (SSSR count). The Morgan fingerprint density at radius 3 is 3.20 bits per heavy atom. The molecule has 1 aliphatic rings. The number of nitrogens with zero attached hydrogens (tertiary/aromatic N) is 2. The van der Waals surface area contributed by atoms with Crippen LogP contribution in [-0.4, -0.2) is 39.8 Å². The number of rotatable bonds is 6. The van der Waals surface area contributed by atoms with Crippen LogP contribution in [0.3, 0.4) is 0 Å². The fraction of sp³-hybridized carbons (Fsp3) is 0.692. The summed E-state index contributed by atoms with van der Waals surface area (Å²) in [5.41, 5.74) is 0. The minimum absolute atomic E-state index is 0. The van der Waals surface area contributed by atoms with Crippen molar-refractivity contribution in [3.63, 3.8) is 0 Å². The van der Waals surface area contributed by atoms with Crippen LogP contribution in [0, 0.1) is 0 Å². The van der Waals surface area contributed by atoms with Crippen LogP contribution >= 0.6 is 24.2 Å². The number of hydrogen-bond donors (Lipinski definition) is 2. The molecule has 0 saturated carbocycles. The van der Waals surface area contributed by atoms with Crippen LogP contribution in [0.2, 0.25) is 0 Å². The molecule has 2 N–H and O–H groups in total. The van der Waals surface area contributed by atoms with Gasteiger partial charge >= 0.3 is 0 Å². The number of carbonyl (C=O) groups excluding carboxylic acids is 1. The molecular formula is C13H23ClN4OS. The molecular weight excluding hydrogens is 296 g/mol. The second kappa shape index (κ2) is 9.26. The summed E-state index contributed by atoms with van der Waals surface area (Å²) < 4.78 is 1.87. The zero-order valence-electron chi connectivity index (χ0n) is 11.8. The molecule has 1 aliphatic heterocycles. The molecule has 0 aliphatic carbocycles. The van der Waals surface area contributed by atoms with E-state index < -0.39 is 0 Å². The van der Waals surface area contributed by atoms with Crippen molar-refractivity contribution >= 4 is 35.9 Å². The minimum atomic E-state index is 0. The van der Waals surface area contributed by atoms with Gasteiger partial charge in [-0.2, -0.15) is 16.9 Å².